The Morgan fingerprint density at radius 1 is 1.30 bits per heavy atom. The third-order valence-corrected chi connectivity index (χ3v) is 2.72. The third kappa shape index (κ3) is 4.01. The second kappa shape index (κ2) is 7.57. The van der Waals surface area contributed by atoms with E-state index in [-0.39, 0.29) is 30.6 Å². The maximum absolute atomic E-state index is 13.0. The highest BCUT2D eigenvalue weighted by Crippen LogP contribution is 2.27. The van der Waals surface area contributed by atoms with Gasteiger partial charge in [0, 0.05) is 12.0 Å². The summed E-state index contributed by atoms with van der Waals surface area (Å²) in [5.41, 5.74) is -0.189. The first-order valence-corrected chi connectivity index (χ1v) is 6.15. The first-order chi connectivity index (χ1) is 9.51. The van der Waals surface area contributed by atoms with Gasteiger partial charge in [0.1, 0.15) is 0 Å². The molecule has 110 valence electrons. The number of benzene rings is 1. The van der Waals surface area contributed by atoms with E-state index in [2.05, 4.69) is 4.74 Å². The van der Waals surface area contributed by atoms with Gasteiger partial charge >= 0.3 is 11.9 Å². The van der Waals surface area contributed by atoms with Crippen LogP contribution < -0.4 is 0 Å². The number of carbonyl (C=O) groups excluding carboxylic acids is 2. The lowest BCUT2D eigenvalue weighted by Gasteiger charge is -2.13. The molecule has 0 N–H and O–H groups in total. The lowest BCUT2D eigenvalue weighted by Crippen LogP contribution is -2.13. The van der Waals surface area contributed by atoms with Gasteiger partial charge in [0.2, 0.25) is 0 Å². The Labute approximate surface area is 115 Å². The van der Waals surface area contributed by atoms with E-state index in [9.17, 15) is 18.4 Å². The van der Waals surface area contributed by atoms with Crippen molar-refractivity contribution in [3.63, 3.8) is 0 Å². The normalized spacial score (nSPS) is 10.4. The number of esters is 2. The molecule has 0 fully saturated rings. The van der Waals surface area contributed by atoms with Gasteiger partial charge in [-0.3, -0.25) is 4.79 Å². The first-order valence-electron chi connectivity index (χ1n) is 6.15. The van der Waals surface area contributed by atoms with Crippen LogP contribution in [0.2, 0.25) is 0 Å². The Morgan fingerprint density at radius 2 is 2.00 bits per heavy atom. The molecule has 0 bridgehead atoms. The molecule has 20 heavy (non-hydrogen) atoms. The SMILES string of the molecule is CCOC(=O)c1c(CCC(=O)OC)cccc1C(F)F. The number of carbonyl (C=O) groups is 2. The van der Waals surface area contributed by atoms with Crippen LogP contribution >= 0.6 is 0 Å². The Bertz CT molecular complexity index is 486. The van der Waals surface area contributed by atoms with Crippen LogP contribution in [0, 0.1) is 0 Å². The predicted octanol–water partition coefficient (Wildman–Crippen LogP) is 2.91. The first kappa shape index (κ1) is 16.1. The molecule has 6 heteroatoms. The maximum atomic E-state index is 13.0. The summed E-state index contributed by atoms with van der Waals surface area (Å²) in [5.74, 6) is -1.27. The van der Waals surface area contributed by atoms with Gasteiger partial charge in [0.15, 0.2) is 0 Å². The van der Waals surface area contributed by atoms with Crippen molar-refractivity contribution >= 4 is 11.9 Å². The van der Waals surface area contributed by atoms with Crippen LogP contribution in [-0.2, 0) is 20.7 Å². The molecule has 1 rings (SSSR count). The topological polar surface area (TPSA) is 52.6 Å². The molecule has 4 nitrogen and oxygen atoms in total. The van der Waals surface area contributed by atoms with Gasteiger partial charge in [0.05, 0.1) is 19.3 Å². The molecule has 0 saturated heterocycles. The number of hydrogen-bond donors (Lipinski definition) is 0. The fraction of sp³-hybridized carbons (Fsp3) is 0.429. The van der Waals surface area contributed by atoms with Crippen molar-refractivity contribution in [3.8, 4) is 0 Å². The van der Waals surface area contributed by atoms with Crippen molar-refractivity contribution in [2.45, 2.75) is 26.2 Å². The minimum Gasteiger partial charge on any atom is -0.469 e. The molecule has 0 spiro atoms. The molecular formula is C14H16F2O4. The molecule has 0 radical (unpaired) electrons. The van der Waals surface area contributed by atoms with E-state index >= 15 is 0 Å². The molecule has 0 atom stereocenters. The summed E-state index contributed by atoms with van der Waals surface area (Å²) < 4.78 is 35.2. The number of alkyl halides is 2. The second-order valence-electron chi connectivity index (χ2n) is 3.98. The summed E-state index contributed by atoms with van der Waals surface area (Å²) in [5, 5.41) is 0. The average molecular weight is 286 g/mol. The number of halogens is 2. The summed E-state index contributed by atoms with van der Waals surface area (Å²) >= 11 is 0. The van der Waals surface area contributed by atoms with Gasteiger partial charge in [-0.2, -0.15) is 0 Å². The van der Waals surface area contributed by atoms with Crippen LogP contribution in [0.3, 0.4) is 0 Å². The molecule has 0 saturated carbocycles. The van der Waals surface area contributed by atoms with E-state index in [1.165, 1.54) is 25.3 Å². The van der Waals surface area contributed by atoms with E-state index < -0.39 is 18.4 Å². The zero-order valence-electron chi connectivity index (χ0n) is 11.3. The van der Waals surface area contributed by atoms with Crippen LogP contribution in [-0.4, -0.2) is 25.7 Å². The number of hydrogen-bond acceptors (Lipinski definition) is 4. The van der Waals surface area contributed by atoms with Crippen LogP contribution in [0.1, 0.15) is 41.3 Å². The summed E-state index contributed by atoms with van der Waals surface area (Å²) in [6.45, 7) is 1.68. The number of rotatable bonds is 6. The van der Waals surface area contributed by atoms with E-state index in [0.717, 1.165) is 0 Å². The number of ether oxygens (including phenoxy) is 2. The lowest BCUT2D eigenvalue weighted by atomic mass is 9.97. The van der Waals surface area contributed by atoms with Crippen molar-refractivity contribution in [1.29, 1.82) is 0 Å². The van der Waals surface area contributed by atoms with E-state index in [1.54, 1.807) is 6.92 Å². The van der Waals surface area contributed by atoms with Crippen LogP contribution in [0.4, 0.5) is 8.78 Å². The molecule has 0 aliphatic carbocycles. The van der Waals surface area contributed by atoms with Crippen LogP contribution in [0.25, 0.3) is 0 Å². The number of aryl methyl sites for hydroxylation is 1. The second-order valence-corrected chi connectivity index (χ2v) is 3.98. The molecule has 0 heterocycles. The van der Waals surface area contributed by atoms with Crippen molar-refractivity contribution in [2.24, 2.45) is 0 Å². The average Bonchev–Trinajstić information content (AvgIpc) is 2.44. The highest BCUT2D eigenvalue weighted by Gasteiger charge is 2.23. The molecule has 0 aliphatic rings. The zero-order valence-corrected chi connectivity index (χ0v) is 11.3. The van der Waals surface area contributed by atoms with Gasteiger partial charge in [-0.25, -0.2) is 13.6 Å². The lowest BCUT2D eigenvalue weighted by molar-refractivity contribution is -0.140. The van der Waals surface area contributed by atoms with Crippen molar-refractivity contribution in [2.75, 3.05) is 13.7 Å². The Morgan fingerprint density at radius 3 is 2.55 bits per heavy atom. The highest BCUT2D eigenvalue weighted by atomic mass is 19.3. The highest BCUT2D eigenvalue weighted by molar-refractivity contribution is 5.93. The van der Waals surface area contributed by atoms with E-state index in [4.69, 9.17) is 4.74 Å². The number of methoxy groups -OCH3 is 1. The van der Waals surface area contributed by atoms with E-state index in [1.807, 2.05) is 0 Å². The Hall–Kier alpha value is -1.98. The molecule has 0 unspecified atom stereocenters. The molecule has 1 aromatic rings. The van der Waals surface area contributed by atoms with Gasteiger partial charge in [-0.05, 0) is 18.9 Å². The zero-order chi connectivity index (χ0) is 15.1. The predicted molar refractivity (Wildman–Crippen MR) is 67.7 cm³/mol. The van der Waals surface area contributed by atoms with Crippen LogP contribution in [0.15, 0.2) is 18.2 Å². The minimum absolute atomic E-state index is 0.00952. The molecule has 0 amide bonds. The molecule has 1 aromatic carbocycles. The van der Waals surface area contributed by atoms with Crippen molar-refractivity contribution in [3.05, 3.63) is 34.9 Å². The summed E-state index contributed by atoms with van der Waals surface area (Å²) in [7, 11) is 1.24. The molecule has 0 aliphatic heterocycles. The Kier molecular flexibility index (Phi) is 6.09. The largest absolute Gasteiger partial charge is 0.469 e. The van der Waals surface area contributed by atoms with Crippen LogP contribution in [0.5, 0.6) is 0 Å². The van der Waals surface area contributed by atoms with Gasteiger partial charge in [0.25, 0.3) is 6.43 Å². The van der Waals surface area contributed by atoms with Crippen molar-refractivity contribution in [1.82, 2.24) is 0 Å². The molecular weight excluding hydrogens is 270 g/mol. The fourth-order valence-electron chi connectivity index (χ4n) is 1.80. The van der Waals surface area contributed by atoms with Gasteiger partial charge in [-0.1, -0.05) is 18.2 Å². The monoisotopic (exact) mass is 286 g/mol. The quantitative estimate of drug-likeness (QED) is 0.754. The molecule has 0 aromatic heterocycles. The minimum atomic E-state index is -2.78. The Balaban J connectivity index is 3.11. The summed E-state index contributed by atoms with van der Waals surface area (Å²) in [4.78, 5) is 23.0. The van der Waals surface area contributed by atoms with Crippen molar-refractivity contribution < 1.29 is 27.8 Å². The fourth-order valence-corrected chi connectivity index (χ4v) is 1.80. The van der Waals surface area contributed by atoms with Gasteiger partial charge < -0.3 is 9.47 Å². The smallest absolute Gasteiger partial charge is 0.338 e. The maximum Gasteiger partial charge on any atom is 0.338 e. The summed E-state index contributed by atoms with van der Waals surface area (Å²) in [6, 6.07) is 4.14. The van der Waals surface area contributed by atoms with Gasteiger partial charge in [-0.15, -0.1) is 0 Å². The van der Waals surface area contributed by atoms with E-state index in [0.29, 0.717) is 5.56 Å². The third-order valence-electron chi connectivity index (χ3n) is 2.72. The summed E-state index contributed by atoms with van der Waals surface area (Å²) in [6.07, 6.45) is -2.63. The standard InChI is InChI=1S/C14H16F2O4/c1-3-20-14(18)12-9(7-8-11(17)19-2)5-4-6-10(12)13(15)16/h4-6,13H,3,7-8H2,1-2H3.